The maximum atomic E-state index is 5.28. The fraction of sp³-hybridized carbons (Fsp3) is 0. The van der Waals surface area contributed by atoms with Crippen molar-refractivity contribution in [3.63, 3.8) is 0 Å². The van der Waals surface area contributed by atoms with Crippen LogP contribution in [-0.2, 0) is 0 Å². The molecule has 0 aliphatic rings. The Kier molecular flexibility index (Phi) is 10.7. The molecule has 3 heterocycles. The van der Waals surface area contributed by atoms with Gasteiger partial charge in [-0.2, -0.15) is 19.9 Å². The van der Waals surface area contributed by atoms with E-state index >= 15 is 0 Å². The molecule has 326 valence electrons. The summed E-state index contributed by atoms with van der Waals surface area (Å²) in [7, 11) is 0. The van der Waals surface area contributed by atoms with Gasteiger partial charge < -0.3 is 9.47 Å². The van der Waals surface area contributed by atoms with Crippen LogP contribution < -0.4 is 9.80 Å². The summed E-state index contributed by atoms with van der Waals surface area (Å²) in [5, 5.41) is 2.07. The van der Waals surface area contributed by atoms with Gasteiger partial charge in [-0.3, -0.25) is 0 Å². The molecule has 0 N–H and O–H groups in total. The quantitative estimate of drug-likeness (QED) is 0.127. The molecule has 69 heavy (non-hydrogen) atoms. The van der Waals surface area contributed by atoms with Crippen LogP contribution in [0.5, 0.6) is 0 Å². The standard InChI is InChI=1S/C60H41N9/c1-8-22-42(23-9-1)55-61-56(43-24-10-2-11-25-43)64-59(63-55)69(60-65-57(44-26-12-3-13-27-44)62-58(66-60)45-28-14-4-15-29-45)50-37-39-54-52(41-50)51-40-49(36-38-53(51)68(54)48-34-20-7-21-35-48)67(46-30-16-5-17-31-46)47-32-18-6-19-33-47/h1-41H. The Morgan fingerprint density at radius 1 is 0.261 bits per heavy atom. The normalized spacial score (nSPS) is 11.2. The van der Waals surface area contributed by atoms with Crippen molar-refractivity contribution in [3.8, 4) is 51.2 Å². The molecule has 0 aliphatic carbocycles. The molecule has 12 rings (SSSR count). The number of fused-ring (bicyclic) bond motifs is 3. The second kappa shape index (κ2) is 18.0. The van der Waals surface area contributed by atoms with Crippen molar-refractivity contribution >= 4 is 56.5 Å². The maximum Gasteiger partial charge on any atom is 0.241 e. The van der Waals surface area contributed by atoms with E-state index in [-0.39, 0.29) is 0 Å². The average molecular weight is 888 g/mol. The van der Waals surface area contributed by atoms with E-state index in [9.17, 15) is 0 Å². The molecule has 0 atom stereocenters. The molecule has 0 radical (unpaired) electrons. The fourth-order valence-electron chi connectivity index (χ4n) is 8.85. The number of hydrogen-bond donors (Lipinski definition) is 0. The molecule has 0 amide bonds. The number of aromatic nitrogens is 7. The highest BCUT2D eigenvalue weighted by Gasteiger charge is 2.26. The monoisotopic (exact) mass is 887 g/mol. The van der Waals surface area contributed by atoms with Crippen molar-refractivity contribution < 1.29 is 0 Å². The molecule has 0 bridgehead atoms. The summed E-state index contributed by atoms with van der Waals surface area (Å²) in [6.45, 7) is 0. The summed E-state index contributed by atoms with van der Waals surface area (Å²) < 4.78 is 2.33. The number of rotatable bonds is 11. The van der Waals surface area contributed by atoms with Crippen LogP contribution in [-0.4, -0.2) is 34.5 Å². The van der Waals surface area contributed by atoms with Gasteiger partial charge in [0, 0.05) is 55.8 Å². The molecular weight excluding hydrogens is 847 g/mol. The molecule has 9 nitrogen and oxygen atoms in total. The largest absolute Gasteiger partial charge is 0.310 e. The van der Waals surface area contributed by atoms with Crippen LogP contribution in [0.3, 0.4) is 0 Å². The highest BCUT2D eigenvalue weighted by Crippen LogP contribution is 2.42. The second-order valence-electron chi connectivity index (χ2n) is 16.4. The third kappa shape index (κ3) is 8.00. The van der Waals surface area contributed by atoms with Gasteiger partial charge in [-0.05, 0) is 72.8 Å². The minimum Gasteiger partial charge on any atom is -0.310 e. The van der Waals surface area contributed by atoms with E-state index in [4.69, 9.17) is 29.9 Å². The lowest BCUT2D eigenvalue weighted by Crippen LogP contribution is -2.19. The van der Waals surface area contributed by atoms with Crippen LogP contribution in [0.2, 0.25) is 0 Å². The average Bonchev–Trinajstić information content (AvgIpc) is 3.76. The SMILES string of the molecule is c1ccc(-c2nc(-c3ccccc3)nc(N(c3ccc4c(c3)c3cc(N(c5ccccc5)c5ccccc5)ccc3n4-c3ccccc3)c3nc(-c4ccccc4)nc(-c4ccccc4)n3)n2)cc1. The van der Waals surface area contributed by atoms with Gasteiger partial charge in [0.25, 0.3) is 0 Å². The van der Waals surface area contributed by atoms with Crippen LogP contribution in [0.1, 0.15) is 0 Å². The minimum absolute atomic E-state index is 0.345. The van der Waals surface area contributed by atoms with Gasteiger partial charge in [-0.1, -0.05) is 176 Å². The van der Waals surface area contributed by atoms with Gasteiger partial charge in [-0.25, -0.2) is 14.9 Å². The minimum atomic E-state index is 0.345. The highest BCUT2D eigenvalue weighted by molar-refractivity contribution is 6.12. The van der Waals surface area contributed by atoms with Crippen LogP contribution in [0.15, 0.2) is 249 Å². The van der Waals surface area contributed by atoms with E-state index in [1.807, 2.05) is 144 Å². The summed E-state index contributed by atoms with van der Waals surface area (Å²) >= 11 is 0. The first-order valence-electron chi connectivity index (χ1n) is 22.8. The summed E-state index contributed by atoms with van der Waals surface area (Å²) in [6, 6.07) is 84.7. The van der Waals surface area contributed by atoms with E-state index in [0.717, 1.165) is 72.5 Å². The molecule has 0 aliphatic heterocycles. The van der Waals surface area contributed by atoms with Crippen molar-refractivity contribution in [1.82, 2.24) is 34.5 Å². The molecule has 9 aromatic carbocycles. The molecule has 0 saturated carbocycles. The first kappa shape index (κ1) is 40.9. The number of para-hydroxylation sites is 3. The van der Waals surface area contributed by atoms with E-state index in [2.05, 4.69) is 119 Å². The van der Waals surface area contributed by atoms with Gasteiger partial charge in [-0.15, -0.1) is 0 Å². The van der Waals surface area contributed by atoms with Crippen molar-refractivity contribution in [2.45, 2.75) is 0 Å². The van der Waals surface area contributed by atoms with E-state index < -0.39 is 0 Å². The molecule has 12 aromatic rings. The number of benzene rings is 9. The van der Waals surface area contributed by atoms with Gasteiger partial charge >= 0.3 is 0 Å². The highest BCUT2D eigenvalue weighted by atomic mass is 15.4. The Morgan fingerprint density at radius 3 is 0.913 bits per heavy atom. The Morgan fingerprint density at radius 2 is 0.565 bits per heavy atom. The zero-order valence-electron chi connectivity index (χ0n) is 37.2. The van der Waals surface area contributed by atoms with Gasteiger partial charge in [0.05, 0.1) is 16.7 Å². The molecule has 0 fully saturated rings. The van der Waals surface area contributed by atoms with Crippen molar-refractivity contribution in [1.29, 1.82) is 0 Å². The summed E-state index contributed by atoms with van der Waals surface area (Å²) in [4.78, 5) is 35.5. The van der Waals surface area contributed by atoms with Crippen molar-refractivity contribution in [3.05, 3.63) is 249 Å². The van der Waals surface area contributed by atoms with Crippen molar-refractivity contribution in [2.24, 2.45) is 0 Å². The van der Waals surface area contributed by atoms with Crippen LogP contribution in [0.25, 0.3) is 73.0 Å². The van der Waals surface area contributed by atoms with Crippen LogP contribution >= 0.6 is 0 Å². The zero-order chi connectivity index (χ0) is 45.9. The van der Waals surface area contributed by atoms with Gasteiger partial charge in [0.1, 0.15) is 0 Å². The van der Waals surface area contributed by atoms with Crippen LogP contribution in [0, 0.1) is 0 Å². The second-order valence-corrected chi connectivity index (χ2v) is 16.4. The first-order valence-corrected chi connectivity index (χ1v) is 22.8. The fourth-order valence-corrected chi connectivity index (χ4v) is 8.85. The maximum absolute atomic E-state index is 5.28. The van der Waals surface area contributed by atoms with E-state index in [1.54, 1.807) is 0 Å². The molecule has 0 saturated heterocycles. The lowest BCUT2D eigenvalue weighted by Gasteiger charge is -2.25. The molecule has 9 heteroatoms. The number of hydrogen-bond acceptors (Lipinski definition) is 8. The lowest BCUT2D eigenvalue weighted by molar-refractivity contribution is 0.964. The van der Waals surface area contributed by atoms with Crippen LogP contribution in [0.4, 0.5) is 34.6 Å². The summed E-state index contributed by atoms with van der Waals surface area (Å²) in [6.07, 6.45) is 0. The Labute approximate surface area is 399 Å². The Bertz CT molecular complexity index is 3430. The topological polar surface area (TPSA) is 88.8 Å². The van der Waals surface area contributed by atoms with Gasteiger partial charge in [0.15, 0.2) is 23.3 Å². The molecule has 0 spiro atoms. The smallest absolute Gasteiger partial charge is 0.241 e. The third-order valence-corrected chi connectivity index (χ3v) is 12.1. The zero-order valence-corrected chi connectivity index (χ0v) is 37.2. The van der Waals surface area contributed by atoms with E-state index in [1.165, 1.54) is 0 Å². The molecule has 3 aromatic heterocycles. The number of anilines is 6. The summed E-state index contributed by atoms with van der Waals surface area (Å²) in [5.74, 6) is 2.74. The predicted octanol–water partition coefficient (Wildman–Crippen LogP) is 14.8. The summed E-state index contributed by atoms with van der Waals surface area (Å²) in [5.41, 5.74) is 10.4. The Balaban J connectivity index is 1.15. The Hall–Kier alpha value is -9.60. The first-order chi connectivity index (χ1) is 34.2. The molecular formula is C60H41N9. The lowest BCUT2D eigenvalue weighted by atomic mass is 10.1. The van der Waals surface area contributed by atoms with Gasteiger partial charge in [0.2, 0.25) is 11.9 Å². The predicted molar refractivity (Wildman–Crippen MR) is 279 cm³/mol. The molecule has 0 unspecified atom stereocenters. The van der Waals surface area contributed by atoms with Crippen molar-refractivity contribution in [2.75, 3.05) is 9.80 Å². The number of nitrogens with zero attached hydrogens (tertiary/aromatic N) is 9. The van der Waals surface area contributed by atoms with E-state index in [0.29, 0.717) is 35.2 Å². The third-order valence-electron chi connectivity index (χ3n) is 12.1.